The average Bonchev–Trinajstić information content (AvgIpc) is 3.33. The highest BCUT2D eigenvalue weighted by molar-refractivity contribution is 7.15. The molecule has 8 nitrogen and oxygen atoms in total. The highest BCUT2D eigenvalue weighted by atomic mass is 32.1. The van der Waals surface area contributed by atoms with Crippen LogP contribution in [0.15, 0.2) is 48.8 Å². The normalized spacial score (nSPS) is 13.9. The van der Waals surface area contributed by atoms with Crippen LogP contribution in [0.2, 0.25) is 0 Å². The van der Waals surface area contributed by atoms with Gasteiger partial charge in [0.15, 0.2) is 0 Å². The molecule has 0 unspecified atom stereocenters. The van der Waals surface area contributed by atoms with Crippen molar-refractivity contribution >= 4 is 34.5 Å². The van der Waals surface area contributed by atoms with Gasteiger partial charge in [-0.25, -0.2) is 24.3 Å². The van der Waals surface area contributed by atoms with Gasteiger partial charge in [-0.2, -0.15) is 0 Å². The summed E-state index contributed by atoms with van der Waals surface area (Å²) in [4.78, 5) is 21.7. The fourth-order valence-corrected chi connectivity index (χ4v) is 4.92. The molecule has 1 aliphatic heterocycles. The van der Waals surface area contributed by atoms with Gasteiger partial charge in [0.2, 0.25) is 5.95 Å². The summed E-state index contributed by atoms with van der Waals surface area (Å²) >= 11 is 1.57. The molecular formula is C25H27FN8S. The maximum atomic E-state index is 13.8. The number of hydrogen-bond acceptors (Lipinski definition) is 9. The Morgan fingerprint density at radius 3 is 2.63 bits per heavy atom. The quantitative estimate of drug-likeness (QED) is 0.335. The van der Waals surface area contributed by atoms with E-state index in [9.17, 15) is 4.39 Å². The summed E-state index contributed by atoms with van der Waals surface area (Å²) in [7, 11) is 0. The van der Waals surface area contributed by atoms with E-state index in [2.05, 4.69) is 39.3 Å². The van der Waals surface area contributed by atoms with E-state index in [4.69, 9.17) is 15.7 Å². The lowest BCUT2D eigenvalue weighted by Crippen LogP contribution is -2.43. The highest BCUT2D eigenvalue weighted by Crippen LogP contribution is 2.39. The van der Waals surface area contributed by atoms with Crippen LogP contribution in [0.5, 0.6) is 0 Å². The van der Waals surface area contributed by atoms with Gasteiger partial charge in [-0.05, 0) is 36.4 Å². The number of nitrogens with two attached hydrogens (primary N) is 1. The number of aromatic nitrogens is 4. The third-order valence-electron chi connectivity index (χ3n) is 5.74. The van der Waals surface area contributed by atoms with Crippen molar-refractivity contribution in [3.63, 3.8) is 0 Å². The van der Waals surface area contributed by atoms with Crippen molar-refractivity contribution in [2.45, 2.75) is 19.8 Å². The molecule has 1 aromatic carbocycles. The molecule has 1 aliphatic rings. The molecule has 10 heteroatoms. The molecule has 4 aromatic rings. The predicted octanol–water partition coefficient (Wildman–Crippen LogP) is 4.66. The van der Waals surface area contributed by atoms with E-state index < -0.39 is 5.82 Å². The largest absolute Gasteiger partial charge is 0.396 e. The highest BCUT2D eigenvalue weighted by Gasteiger charge is 2.19. The van der Waals surface area contributed by atoms with Gasteiger partial charge in [-0.1, -0.05) is 13.8 Å². The number of benzene rings is 1. The van der Waals surface area contributed by atoms with Gasteiger partial charge in [-0.15, -0.1) is 11.3 Å². The molecule has 4 heterocycles. The number of piperazine rings is 1. The van der Waals surface area contributed by atoms with Gasteiger partial charge in [0, 0.05) is 43.9 Å². The Labute approximate surface area is 207 Å². The summed E-state index contributed by atoms with van der Waals surface area (Å²) in [6.45, 7) is 8.00. The molecule has 3 aromatic heterocycles. The molecular weight excluding hydrogens is 463 g/mol. The van der Waals surface area contributed by atoms with Gasteiger partial charge < -0.3 is 21.3 Å². The number of nitrogens with one attached hydrogen (secondary N) is 2. The molecule has 5 rings (SSSR count). The van der Waals surface area contributed by atoms with E-state index in [0.29, 0.717) is 5.95 Å². The Bertz CT molecular complexity index is 1320. The molecule has 0 saturated carbocycles. The van der Waals surface area contributed by atoms with E-state index in [1.54, 1.807) is 35.9 Å². The van der Waals surface area contributed by atoms with Crippen molar-refractivity contribution in [2.24, 2.45) is 0 Å². The second-order valence-electron chi connectivity index (χ2n) is 8.65. The first-order chi connectivity index (χ1) is 17.0. The number of nitrogens with zero attached hydrogens (tertiary/aromatic N) is 5. The number of nitrogen functional groups attached to an aromatic ring is 1. The lowest BCUT2D eigenvalue weighted by atomic mass is 10.1. The summed E-state index contributed by atoms with van der Waals surface area (Å²) in [5, 5.41) is 7.57. The Morgan fingerprint density at radius 1 is 1.09 bits per heavy atom. The van der Waals surface area contributed by atoms with E-state index in [0.717, 1.165) is 64.5 Å². The molecule has 35 heavy (non-hydrogen) atoms. The first-order valence-electron chi connectivity index (χ1n) is 11.6. The van der Waals surface area contributed by atoms with Crippen LogP contribution in [0.1, 0.15) is 24.8 Å². The monoisotopic (exact) mass is 490 g/mol. The van der Waals surface area contributed by atoms with Crippen LogP contribution >= 0.6 is 11.3 Å². The third kappa shape index (κ3) is 5.08. The zero-order valence-corrected chi connectivity index (χ0v) is 20.4. The minimum absolute atomic E-state index is 0.0920. The zero-order chi connectivity index (χ0) is 24.4. The number of halogens is 1. The van der Waals surface area contributed by atoms with E-state index in [1.165, 1.54) is 6.07 Å². The fourth-order valence-electron chi connectivity index (χ4n) is 3.86. The molecule has 0 atom stereocenters. The van der Waals surface area contributed by atoms with Gasteiger partial charge in [0.05, 0.1) is 38.8 Å². The summed E-state index contributed by atoms with van der Waals surface area (Å²) in [5.74, 6) is 1.22. The maximum absolute atomic E-state index is 13.8. The second kappa shape index (κ2) is 9.93. The van der Waals surface area contributed by atoms with Crippen LogP contribution in [0.4, 0.5) is 27.5 Å². The van der Waals surface area contributed by atoms with Gasteiger partial charge in [0.25, 0.3) is 0 Å². The van der Waals surface area contributed by atoms with Gasteiger partial charge >= 0.3 is 0 Å². The Hall–Kier alpha value is -3.63. The standard InChI is InChI=1S/C25H27FN8S/c1-15(2)24-33-22(16-3-5-18(26)19(27)13-16)23(35-24)20-7-8-29-25(32-20)31-17-4-6-21(30-14-17)34-11-9-28-10-12-34/h3-8,13-15,28H,9-12,27H2,1-2H3,(H,29,31,32). The molecule has 1 fully saturated rings. The van der Waals surface area contributed by atoms with Crippen molar-refractivity contribution in [1.82, 2.24) is 25.3 Å². The smallest absolute Gasteiger partial charge is 0.227 e. The third-order valence-corrected chi connectivity index (χ3v) is 7.12. The maximum Gasteiger partial charge on any atom is 0.227 e. The van der Waals surface area contributed by atoms with Crippen molar-refractivity contribution < 1.29 is 4.39 Å². The lowest BCUT2D eigenvalue weighted by Gasteiger charge is -2.28. The summed E-state index contributed by atoms with van der Waals surface area (Å²) in [6.07, 6.45) is 3.51. The summed E-state index contributed by atoms with van der Waals surface area (Å²) in [5.41, 5.74) is 8.95. The van der Waals surface area contributed by atoms with Crippen LogP contribution in [-0.4, -0.2) is 46.1 Å². The second-order valence-corrected chi connectivity index (χ2v) is 9.68. The van der Waals surface area contributed by atoms with Crippen LogP contribution in [0.3, 0.4) is 0 Å². The number of pyridine rings is 1. The van der Waals surface area contributed by atoms with Crippen molar-refractivity contribution in [3.8, 4) is 21.8 Å². The van der Waals surface area contributed by atoms with Crippen LogP contribution in [0, 0.1) is 5.82 Å². The van der Waals surface area contributed by atoms with E-state index in [1.807, 2.05) is 18.2 Å². The van der Waals surface area contributed by atoms with Gasteiger partial charge in [0.1, 0.15) is 11.6 Å². The van der Waals surface area contributed by atoms with E-state index in [-0.39, 0.29) is 11.6 Å². The molecule has 0 radical (unpaired) electrons. The van der Waals surface area contributed by atoms with E-state index >= 15 is 0 Å². The van der Waals surface area contributed by atoms with Crippen LogP contribution < -0.4 is 21.3 Å². The molecule has 0 amide bonds. The average molecular weight is 491 g/mol. The number of thiazole rings is 1. The topological polar surface area (TPSA) is 105 Å². The van der Waals surface area contributed by atoms with Crippen LogP contribution in [0.25, 0.3) is 21.8 Å². The molecule has 4 N–H and O–H groups in total. The lowest BCUT2D eigenvalue weighted by molar-refractivity contribution is 0.585. The predicted molar refractivity (Wildman–Crippen MR) is 140 cm³/mol. The molecule has 1 saturated heterocycles. The Kier molecular flexibility index (Phi) is 6.56. The van der Waals surface area contributed by atoms with Crippen LogP contribution in [-0.2, 0) is 0 Å². The molecule has 0 spiro atoms. The first-order valence-corrected chi connectivity index (χ1v) is 12.4. The molecule has 0 aliphatic carbocycles. The van der Waals surface area contributed by atoms with Crippen molar-refractivity contribution in [3.05, 3.63) is 59.6 Å². The Morgan fingerprint density at radius 2 is 1.91 bits per heavy atom. The minimum atomic E-state index is -0.445. The number of anilines is 4. The van der Waals surface area contributed by atoms with Crippen molar-refractivity contribution in [1.29, 1.82) is 0 Å². The van der Waals surface area contributed by atoms with Gasteiger partial charge in [-0.3, -0.25) is 0 Å². The molecule has 0 bridgehead atoms. The summed E-state index contributed by atoms with van der Waals surface area (Å²) in [6, 6.07) is 10.5. The SMILES string of the molecule is CC(C)c1nc(-c2ccc(F)c(N)c2)c(-c2ccnc(Nc3ccc(N4CCNCC4)nc3)n2)s1. The minimum Gasteiger partial charge on any atom is -0.396 e. The number of hydrogen-bond donors (Lipinski definition) is 3. The molecule has 180 valence electrons. The summed E-state index contributed by atoms with van der Waals surface area (Å²) < 4.78 is 13.8. The zero-order valence-electron chi connectivity index (χ0n) is 19.6. The number of rotatable bonds is 6. The Balaban J connectivity index is 1.43. The van der Waals surface area contributed by atoms with Crippen molar-refractivity contribution in [2.75, 3.05) is 42.1 Å². The first kappa shape index (κ1) is 23.1. The fraction of sp³-hybridized carbons (Fsp3) is 0.280.